The molecule has 0 radical (unpaired) electrons. The van der Waals surface area contributed by atoms with Crippen LogP contribution in [-0.4, -0.2) is 83.5 Å². The highest BCUT2D eigenvalue weighted by Crippen LogP contribution is 2.33. The van der Waals surface area contributed by atoms with Crippen LogP contribution in [0.25, 0.3) is 0 Å². The average Bonchev–Trinajstić information content (AvgIpc) is 3.21. The second kappa shape index (κ2) is 13.4. The van der Waals surface area contributed by atoms with Crippen LogP contribution in [0.3, 0.4) is 0 Å². The molecule has 0 aromatic heterocycles. The van der Waals surface area contributed by atoms with E-state index in [0.29, 0.717) is 6.04 Å². The topological polar surface area (TPSA) is 61.4 Å². The lowest BCUT2D eigenvalue weighted by Crippen LogP contribution is -2.45. The van der Waals surface area contributed by atoms with E-state index in [4.69, 9.17) is 21.1 Å². The fraction of sp³-hybridized carbons (Fsp3) is 0.667. The highest BCUT2D eigenvalue weighted by molar-refractivity contribution is 14.0. The van der Waals surface area contributed by atoms with E-state index in [-0.39, 0.29) is 24.0 Å². The summed E-state index contributed by atoms with van der Waals surface area (Å²) in [4.78, 5) is 9.19. The number of nitrogens with zero attached hydrogens (tertiary/aromatic N) is 3. The summed E-state index contributed by atoms with van der Waals surface area (Å²) in [6, 6.07) is 6.11. The van der Waals surface area contributed by atoms with E-state index in [1.165, 1.54) is 6.42 Å². The molecule has 0 bridgehead atoms. The third kappa shape index (κ3) is 7.62. The highest BCUT2D eigenvalue weighted by Gasteiger charge is 2.25. The molecule has 2 fully saturated rings. The minimum Gasteiger partial charge on any atom is -0.495 e. The lowest BCUT2D eigenvalue weighted by Gasteiger charge is -2.26. The van der Waals surface area contributed by atoms with Gasteiger partial charge in [-0.15, -0.1) is 24.0 Å². The van der Waals surface area contributed by atoms with E-state index >= 15 is 0 Å². The first kappa shape index (κ1) is 25.3. The highest BCUT2D eigenvalue weighted by atomic mass is 127. The average molecular weight is 552 g/mol. The van der Waals surface area contributed by atoms with Gasteiger partial charge in [-0.25, -0.2) is 0 Å². The Morgan fingerprint density at radius 3 is 2.80 bits per heavy atom. The van der Waals surface area contributed by atoms with E-state index < -0.39 is 0 Å². The van der Waals surface area contributed by atoms with Crippen molar-refractivity contribution in [2.24, 2.45) is 4.99 Å². The van der Waals surface area contributed by atoms with Crippen molar-refractivity contribution in [2.75, 3.05) is 71.5 Å². The summed E-state index contributed by atoms with van der Waals surface area (Å²) in [6.07, 6.45) is 3.37. The number of halogens is 2. The van der Waals surface area contributed by atoms with E-state index in [1.54, 1.807) is 7.11 Å². The summed E-state index contributed by atoms with van der Waals surface area (Å²) in [5.74, 6) is 1.74. The van der Waals surface area contributed by atoms with Gasteiger partial charge in [0.05, 0.1) is 26.0 Å². The van der Waals surface area contributed by atoms with Crippen molar-refractivity contribution in [3.8, 4) is 5.75 Å². The number of rotatable bonds is 8. The van der Waals surface area contributed by atoms with Gasteiger partial charge in [0.2, 0.25) is 0 Å². The summed E-state index contributed by atoms with van der Waals surface area (Å²) >= 11 is 6.19. The summed E-state index contributed by atoms with van der Waals surface area (Å²) in [7, 11) is 3.53. The van der Waals surface area contributed by atoms with Crippen LogP contribution in [0.15, 0.2) is 23.2 Å². The zero-order chi connectivity index (χ0) is 20.5. The van der Waals surface area contributed by atoms with Crippen molar-refractivity contribution < 1.29 is 9.47 Å². The van der Waals surface area contributed by atoms with Gasteiger partial charge in [-0.3, -0.25) is 9.89 Å². The van der Waals surface area contributed by atoms with Gasteiger partial charge in [0.25, 0.3) is 0 Å². The first-order valence-corrected chi connectivity index (χ1v) is 10.9. The Balaban J connectivity index is 0.00000320. The molecular formula is C21H35ClIN5O2. The van der Waals surface area contributed by atoms with Crippen molar-refractivity contribution >= 4 is 47.2 Å². The lowest BCUT2D eigenvalue weighted by molar-refractivity contribution is 0.0372. The molecule has 3 rings (SSSR count). The first-order chi connectivity index (χ1) is 14.2. The number of aliphatic imine (C=N–C) groups is 1. The fourth-order valence-corrected chi connectivity index (χ4v) is 4.05. The maximum absolute atomic E-state index is 6.19. The Hall–Kier alpha value is -0.970. The SMILES string of the molecule is CN=C(NCCCCN1CCOCC1)NC1CCN(c2cc(Cl)ccc2OC)C1.I. The molecule has 0 saturated carbocycles. The molecular weight excluding hydrogens is 517 g/mol. The number of anilines is 1. The number of ether oxygens (including phenoxy) is 2. The molecule has 30 heavy (non-hydrogen) atoms. The number of methoxy groups -OCH3 is 1. The van der Waals surface area contributed by atoms with Crippen LogP contribution in [0.2, 0.25) is 5.02 Å². The minimum atomic E-state index is 0. The van der Waals surface area contributed by atoms with Gasteiger partial charge in [0.1, 0.15) is 5.75 Å². The fourth-order valence-electron chi connectivity index (χ4n) is 3.89. The van der Waals surface area contributed by atoms with Gasteiger partial charge in [-0.2, -0.15) is 0 Å². The standard InChI is InChI=1S/C21H34ClN5O2.HI/c1-23-21(24-8-3-4-9-26-11-13-29-14-12-26)25-18-7-10-27(16-18)19-15-17(22)5-6-20(19)28-2;/h5-6,15,18H,3-4,7-14,16H2,1-2H3,(H2,23,24,25);1H. The van der Waals surface area contributed by atoms with Gasteiger partial charge < -0.3 is 25.0 Å². The molecule has 1 aromatic rings. The summed E-state index contributed by atoms with van der Waals surface area (Å²) in [5, 5.41) is 7.73. The Bertz CT molecular complexity index is 673. The van der Waals surface area contributed by atoms with Gasteiger partial charge >= 0.3 is 0 Å². The number of hydrogen-bond donors (Lipinski definition) is 2. The molecule has 1 unspecified atom stereocenters. The quantitative estimate of drug-likeness (QED) is 0.224. The third-order valence-corrected chi connectivity index (χ3v) is 5.77. The van der Waals surface area contributed by atoms with Crippen molar-refractivity contribution in [3.05, 3.63) is 23.2 Å². The molecule has 1 aromatic carbocycles. The van der Waals surface area contributed by atoms with Gasteiger partial charge in [0, 0.05) is 50.8 Å². The predicted molar refractivity (Wildman–Crippen MR) is 135 cm³/mol. The molecule has 0 amide bonds. The molecule has 2 aliphatic rings. The van der Waals surface area contributed by atoms with Crippen LogP contribution < -0.4 is 20.3 Å². The van der Waals surface area contributed by atoms with E-state index in [2.05, 4.69) is 25.4 Å². The third-order valence-electron chi connectivity index (χ3n) is 5.53. The molecule has 1 atom stereocenters. The summed E-state index contributed by atoms with van der Waals surface area (Å²) in [6.45, 7) is 7.80. The maximum atomic E-state index is 6.19. The smallest absolute Gasteiger partial charge is 0.191 e. The second-order valence-electron chi connectivity index (χ2n) is 7.55. The number of unbranched alkanes of at least 4 members (excludes halogenated alkanes) is 1. The number of nitrogens with one attached hydrogen (secondary N) is 2. The first-order valence-electron chi connectivity index (χ1n) is 10.6. The molecule has 2 saturated heterocycles. The van der Waals surface area contributed by atoms with Crippen molar-refractivity contribution in [1.29, 1.82) is 0 Å². The van der Waals surface area contributed by atoms with Crippen LogP contribution in [0.4, 0.5) is 5.69 Å². The Labute approximate surface area is 202 Å². The molecule has 2 heterocycles. The lowest BCUT2D eigenvalue weighted by atomic mass is 10.2. The monoisotopic (exact) mass is 551 g/mol. The maximum Gasteiger partial charge on any atom is 0.191 e. The van der Waals surface area contributed by atoms with Crippen LogP contribution >= 0.6 is 35.6 Å². The van der Waals surface area contributed by atoms with E-state index in [9.17, 15) is 0 Å². The normalized spacial score (nSPS) is 20.0. The Morgan fingerprint density at radius 1 is 1.27 bits per heavy atom. The molecule has 9 heteroatoms. The van der Waals surface area contributed by atoms with E-state index in [1.807, 2.05) is 25.2 Å². The summed E-state index contributed by atoms with van der Waals surface area (Å²) < 4.78 is 10.9. The summed E-state index contributed by atoms with van der Waals surface area (Å²) in [5.41, 5.74) is 1.05. The van der Waals surface area contributed by atoms with Crippen LogP contribution in [0.5, 0.6) is 5.75 Å². The predicted octanol–water partition coefficient (Wildman–Crippen LogP) is 2.82. The van der Waals surface area contributed by atoms with Crippen LogP contribution in [0.1, 0.15) is 19.3 Å². The number of morpholine rings is 1. The molecule has 0 spiro atoms. The van der Waals surface area contributed by atoms with Crippen molar-refractivity contribution in [3.63, 3.8) is 0 Å². The Morgan fingerprint density at radius 2 is 2.07 bits per heavy atom. The van der Waals surface area contributed by atoms with Crippen LogP contribution in [-0.2, 0) is 4.74 Å². The van der Waals surface area contributed by atoms with Gasteiger partial charge in [0.15, 0.2) is 5.96 Å². The Kier molecular flexibility index (Phi) is 11.3. The molecule has 7 nitrogen and oxygen atoms in total. The van der Waals surface area contributed by atoms with Crippen LogP contribution in [0, 0.1) is 0 Å². The zero-order valence-corrected chi connectivity index (χ0v) is 21.1. The van der Waals surface area contributed by atoms with Gasteiger partial charge in [-0.1, -0.05) is 11.6 Å². The van der Waals surface area contributed by atoms with E-state index in [0.717, 1.165) is 87.7 Å². The largest absolute Gasteiger partial charge is 0.495 e. The minimum absolute atomic E-state index is 0. The zero-order valence-electron chi connectivity index (χ0n) is 18.0. The number of guanidine groups is 1. The van der Waals surface area contributed by atoms with Crippen molar-refractivity contribution in [2.45, 2.75) is 25.3 Å². The second-order valence-corrected chi connectivity index (χ2v) is 7.99. The molecule has 0 aliphatic carbocycles. The number of hydrogen-bond acceptors (Lipinski definition) is 5. The molecule has 2 N–H and O–H groups in total. The number of benzene rings is 1. The molecule has 2 aliphatic heterocycles. The molecule has 170 valence electrons. The van der Waals surface area contributed by atoms with Gasteiger partial charge in [-0.05, 0) is 44.0 Å². The van der Waals surface area contributed by atoms with Crippen molar-refractivity contribution in [1.82, 2.24) is 15.5 Å².